The molecule has 0 aliphatic carbocycles. The van der Waals surface area contributed by atoms with Crippen molar-refractivity contribution in [1.82, 2.24) is 18.7 Å². The van der Waals surface area contributed by atoms with Gasteiger partial charge in [-0.05, 0) is 29.8 Å². The highest BCUT2D eigenvalue weighted by molar-refractivity contribution is 5.85. The molecular formula is C31H34ClN5O5. The summed E-state index contributed by atoms with van der Waals surface area (Å²) in [4.78, 5) is 31.5. The summed E-state index contributed by atoms with van der Waals surface area (Å²) in [5, 5.41) is 11.0. The van der Waals surface area contributed by atoms with Crippen molar-refractivity contribution >= 4 is 29.3 Å². The highest BCUT2D eigenvalue weighted by Gasteiger charge is 2.18. The third-order valence-electron chi connectivity index (χ3n) is 6.90. The molecule has 0 radical (unpaired) electrons. The van der Waals surface area contributed by atoms with Gasteiger partial charge in [0.25, 0.3) is 5.56 Å². The van der Waals surface area contributed by atoms with Gasteiger partial charge in [-0.2, -0.15) is 0 Å². The number of para-hydroxylation sites is 3. The van der Waals surface area contributed by atoms with Crippen molar-refractivity contribution in [3.8, 4) is 11.5 Å². The molecule has 5 rings (SSSR count). The fraction of sp³-hybridized carbons (Fsp3) is 0.258. The number of fused-ring (bicyclic) bond motifs is 1. The van der Waals surface area contributed by atoms with Gasteiger partial charge in [-0.25, -0.2) is 9.78 Å². The summed E-state index contributed by atoms with van der Waals surface area (Å²) in [5.74, 6) is 1.16. The first-order valence-corrected chi connectivity index (χ1v) is 13.4. The molecule has 0 bridgehead atoms. The number of imidazole rings is 1. The molecule has 0 aliphatic rings. The molecule has 42 heavy (non-hydrogen) atoms. The Morgan fingerprint density at radius 2 is 1.48 bits per heavy atom. The molecule has 3 aromatic carbocycles. The van der Waals surface area contributed by atoms with Crippen molar-refractivity contribution in [2.75, 3.05) is 24.6 Å². The van der Waals surface area contributed by atoms with E-state index in [4.69, 9.17) is 9.47 Å². The van der Waals surface area contributed by atoms with E-state index < -0.39 is 17.4 Å². The largest absolute Gasteiger partial charge is 0.487 e. The van der Waals surface area contributed by atoms with Crippen LogP contribution < -0.4 is 25.6 Å². The van der Waals surface area contributed by atoms with Gasteiger partial charge in [0.15, 0.2) is 22.7 Å². The predicted octanol–water partition coefficient (Wildman–Crippen LogP) is 3.38. The fourth-order valence-corrected chi connectivity index (χ4v) is 4.68. The Kier molecular flexibility index (Phi) is 10.1. The van der Waals surface area contributed by atoms with Crippen LogP contribution in [0.5, 0.6) is 11.5 Å². The molecule has 0 amide bonds. The molecule has 0 saturated heterocycles. The van der Waals surface area contributed by atoms with Gasteiger partial charge >= 0.3 is 5.69 Å². The number of aliphatic hydroxyl groups is 1. The van der Waals surface area contributed by atoms with Gasteiger partial charge in [-0.3, -0.25) is 13.9 Å². The van der Waals surface area contributed by atoms with Crippen molar-refractivity contribution in [2.24, 2.45) is 14.1 Å². The highest BCUT2D eigenvalue weighted by atomic mass is 35.5. The maximum absolute atomic E-state index is 12.9. The van der Waals surface area contributed by atoms with Crippen LogP contribution in [0.4, 0.5) is 5.69 Å². The molecule has 10 nitrogen and oxygen atoms in total. The second-order valence-corrected chi connectivity index (χ2v) is 9.78. The summed E-state index contributed by atoms with van der Waals surface area (Å²) in [5.41, 5.74) is 1.85. The lowest BCUT2D eigenvalue weighted by atomic mass is 10.2. The minimum Gasteiger partial charge on any atom is -0.487 e. The molecule has 0 saturated carbocycles. The molecule has 11 heteroatoms. The van der Waals surface area contributed by atoms with E-state index in [1.807, 2.05) is 89.8 Å². The number of hydrogen-bond donors (Lipinski definition) is 1. The van der Waals surface area contributed by atoms with Crippen LogP contribution in [0.15, 0.2) is 101 Å². The minimum absolute atomic E-state index is 0. The highest BCUT2D eigenvalue weighted by Crippen LogP contribution is 2.27. The summed E-state index contributed by atoms with van der Waals surface area (Å²) >= 11 is 0. The van der Waals surface area contributed by atoms with E-state index in [9.17, 15) is 14.7 Å². The SMILES string of the molecule is Cl.Cn1c(=O)c2c(ncn2CCN(CC(O)COc2ccccc2OCc2ccccc2)c2ccccc2)n(C)c1=O. The van der Waals surface area contributed by atoms with E-state index in [2.05, 4.69) is 4.98 Å². The van der Waals surface area contributed by atoms with Gasteiger partial charge in [0.2, 0.25) is 0 Å². The van der Waals surface area contributed by atoms with Gasteiger partial charge in [0.1, 0.15) is 19.3 Å². The van der Waals surface area contributed by atoms with Crippen LogP contribution in [0.1, 0.15) is 5.56 Å². The average Bonchev–Trinajstić information content (AvgIpc) is 3.44. The molecule has 0 aliphatic heterocycles. The quantitative estimate of drug-likeness (QED) is 0.237. The third kappa shape index (κ3) is 6.84. The molecule has 1 N–H and O–H groups in total. The number of ether oxygens (including phenoxy) is 2. The normalized spacial score (nSPS) is 11.6. The van der Waals surface area contributed by atoms with E-state index in [0.29, 0.717) is 48.9 Å². The summed E-state index contributed by atoms with van der Waals surface area (Å²) in [6.07, 6.45) is 0.756. The van der Waals surface area contributed by atoms with Crippen molar-refractivity contribution in [1.29, 1.82) is 0 Å². The minimum atomic E-state index is -0.814. The zero-order chi connectivity index (χ0) is 28.8. The lowest BCUT2D eigenvalue weighted by Crippen LogP contribution is -2.39. The van der Waals surface area contributed by atoms with Crippen LogP contribution in [-0.2, 0) is 27.2 Å². The number of anilines is 1. The van der Waals surface area contributed by atoms with Crippen LogP contribution in [0, 0.1) is 0 Å². The Balaban J connectivity index is 0.00000405. The van der Waals surface area contributed by atoms with Crippen LogP contribution in [0.2, 0.25) is 0 Å². The monoisotopic (exact) mass is 591 g/mol. The van der Waals surface area contributed by atoms with Gasteiger partial charge in [-0.15, -0.1) is 12.4 Å². The number of nitrogens with zero attached hydrogens (tertiary/aromatic N) is 5. The van der Waals surface area contributed by atoms with E-state index in [1.165, 1.54) is 11.6 Å². The molecule has 220 valence electrons. The second kappa shape index (κ2) is 13.9. The molecule has 1 atom stereocenters. The van der Waals surface area contributed by atoms with E-state index >= 15 is 0 Å². The second-order valence-electron chi connectivity index (χ2n) is 9.78. The summed E-state index contributed by atoms with van der Waals surface area (Å²) in [6, 6.07) is 27.0. The van der Waals surface area contributed by atoms with Crippen LogP contribution in [-0.4, -0.2) is 49.6 Å². The Hall–Kier alpha value is -4.54. The first-order chi connectivity index (χ1) is 19.9. The Labute approximate surface area is 249 Å². The van der Waals surface area contributed by atoms with Crippen molar-refractivity contribution in [2.45, 2.75) is 19.3 Å². The Bertz CT molecular complexity index is 1720. The van der Waals surface area contributed by atoms with Gasteiger partial charge in [0, 0.05) is 39.4 Å². The van der Waals surface area contributed by atoms with Crippen molar-refractivity contribution < 1.29 is 14.6 Å². The van der Waals surface area contributed by atoms with Gasteiger partial charge < -0.3 is 24.0 Å². The van der Waals surface area contributed by atoms with Crippen LogP contribution in [0.25, 0.3) is 11.2 Å². The Morgan fingerprint density at radius 1 is 0.857 bits per heavy atom. The zero-order valence-electron chi connectivity index (χ0n) is 23.5. The first-order valence-electron chi connectivity index (χ1n) is 13.4. The molecule has 0 fully saturated rings. The lowest BCUT2D eigenvalue weighted by molar-refractivity contribution is 0.109. The summed E-state index contributed by atoms with van der Waals surface area (Å²) < 4.78 is 16.2. The van der Waals surface area contributed by atoms with Crippen LogP contribution in [0.3, 0.4) is 0 Å². The van der Waals surface area contributed by atoms with Crippen molar-refractivity contribution in [3.63, 3.8) is 0 Å². The number of aryl methyl sites for hydroxylation is 1. The van der Waals surface area contributed by atoms with E-state index in [0.717, 1.165) is 15.8 Å². The number of hydrogen-bond acceptors (Lipinski definition) is 7. The number of rotatable bonds is 12. The lowest BCUT2D eigenvalue weighted by Gasteiger charge is -2.28. The summed E-state index contributed by atoms with van der Waals surface area (Å²) in [6.45, 7) is 1.66. The van der Waals surface area contributed by atoms with E-state index in [1.54, 1.807) is 17.9 Å². The zero-order valence-corrected chi connectivity index (χ0v) is 24.3. The molecule has 5 aromatic rings. The average molecular weight is 592 g/mol. The smallest absolute Gasteiger partial charge is 0.332 e. The number of aliphatic hydroxyl groups excluding tert-OH is 1. The number of benzene rings is 3. The molecular weight excluding hydrogens is 558 g/mol. The van der Waals surface area contributed by atoms with Crippen LogP contribution >= 0.6 is 12.4 Å². The standard InChI is InChI=1S/C31H33N5O5.ClH/c1-33-29-28(30(38)34(2)31(33)39)36(22-32-29)18-17-35(24-13-7-4-8-14-24)19-25(37)21-41-27-16-10-9-15-26(27)40-20-23-11-5-3-6-12-23;/h3-16,22,25,37H,17-21H2,1-2H3;1H. The first kappa shape index (κ1) is 30.4. The molecule has 2 heterocycles. The Morgan fingerprint density at radius 3 is 2.17 bits per heavy atom. The molecule has 0 spiro atoms. The van der Waals surface area contributed by atoms with E-state index in [-0.39, 0.29) is 19.0 Å². The number of halogens is 1. The predicted molar refractivity (Wildman–Crippen MR) is 165 cm³/mol. The van der Waals surface area contributed by atoms with Crippen molar-refractivity contribution in [3.05, 3.63) is 118 Å². The maximum atomic E-state index is 12.9. The third-order valence-corrected chi connectivity index (χ3v) is 6.90. The summed E-state index contributed by atoms with van der Waals surface area (Å²) in [7, 11) is 3.05. The van der Waals surface area contributed by atoms with Gasteiger partial charge in [0.05, 0.1) is 6.33 Å². The fourth-order valence-electron chi connectivity index (χ4n) is 4.68. The topological polar surface area (TPSA) is 104 Å². The number of aromatic nitrogens is 4. The maximum Gasteiger partial charge on any atom is 0.332 e. The molecule has 1 unspecified atom stereocenters. The molecule has 2 aromatic heterocycles. The van der Waals surface area contributed by atoms with Gasteiger partial charge in [-0.1, -0.05) is 60.7 Å².